The van der Waals surface area contributed by atoms with Gasteiger partial charge < -0.3 is 10.1 Å². The van der Waals surface area contributed by atoms with Gasteiger partial charge in [-0.2, -0.15) is 11.8 Å². The number of thioether (sulfide) groups is 1. The van der Waals surface area contributed by atoms with E-state index in [1.165, 1.54) is 7.11 Å². The highest BCUT2D eigenvalue weighted by Gasteiger charge is 2.13. The summed E-state index contributed by atoms with van der Waals surface area (Å²) in [4.78, 5) is 21.4. The van der Waals surface area contributed by atoms with Crippen LogP contribution in [0.4, 0.5) is 11.4 Å². The predicted octanol–water partition coefficient (Wildman–Crippen LogP) is 2.43. The molecule has 0 amide bonds. The van der Waals surface area contributed by atoms with Crippen LogP contribution in [0.2, 0.25) is 0 Å². The maximum Gasteiger partial charge on any atom is 0.306 e. The SMILES string of the molecule is CNc1ccc(CSCCC(=O)OC)cc1[N+](=O)[O-]. The zero-order valence-corrected chi connectivity index (χ0v) is 11.7. The second-order valence-corrected chi connectivity index (χ2v) is 4.84. The number of carbonyl (C=O) groups excluding carboxylic acids is 1. The van der Waals surface area contributed by atoms with E-state index in [2.05, 4.69) is 10.1 Å². The van der Waals surface area contributed by atoms with Gasteiger partial charge in [0.2, 0.25) is 0 Å². The average molecular weight is 284 g/mol. The molecule has 1 aromatic carbocycles. The molecule has 19 heavy (non-hydrogen) atoms. The molecule has 0 bridgehead atoms. The van der Waals surface area contributed by atoms with E-state index in [1.54, 1.807) is 30.9 Å². The van der Waals surface area contributed by atoms with Crippen LogP contribution in [-0.2, 0) is 15.3 Å². The smallest absolute Gasteiger partial charge is 0.306 e. The van der Waals surface area contributed by atoms with Gasteiger partial charge in [-0.15, -0.1) is 0 Å². The molecule has 0 saturated carbocycles. The van der Waals surface area contributed by atoms with E-state index in [-0.39, 0.29) is 11.7 Å². The number of nitro benzene ring substituents is 1. The number of methoxy groups -OCH3 is 1. The molecule has 0 fully saturated rings. The first-order chi connectivity index (χ1) is 9.08. The van der Waals surface area contributed by atoms with Crippen molar-refractivity contribution in [3.63, 3.8) is 0 Å². The number of hydrogen-bond donors (Lipinski definition) is 1. The summed E-state index contributed by atoms with van der Waals surface area (Å²) < 4.78 is 4.53. The number of nitrogens with zero attached hydrogens (tertiary/aromatic N) is 1. The van der Waals surface area contributed by atoms with Crippen LogP contribution in [0.25, 0.3) is 0 Å². The quantitative estimate of drug-likeness (QED) is 0.358. The number of nitro groups is 1. The van der Waals surface area contributed by atoms with Crippen molar-refractivity contribution in [2.45, 2.75) is 12.2 Å². The molecule has 0 spiro atoms. The molecule has 0 aliphatic carbocycles. The fraction of sp³-hybridized carbons (Fsp3) is 0.417. The van der Waals surface area contributed by atoms with Gasteiger partial charge in [0.05, 0.1) is 18.5 Å². The third kappa shape index (κ3) is 4.78. The Morgan fingerprint density at radius 1 is 1.53 bits per heavy atom. The van der Waals surface area contributed by atoms with Gasteiger partial charge >= 0.3 is 5.97 Å². The molecular formula is C12H16N2O4S. The lowest BCUT2D eigenvalue weighted by molar-refractivity contribution is -0.384. The highest BCUT2D eigenvalue weighted by Crippen LogP contribution is 2.26. The van der Waals surface area contributed by atoms with Crippen molar-refractivity contribution in [2.24, 2.45) is 0 Å². The molecule has 0 saturated heterocycles. The third-order valence-corrected chi connectivity index (χ3v) is 3.51. The number of anilines is 1. The lowest BCUT2D eigenvalue weighted by Crippen LogP contribution is -2.01. The van der Waals surface area contributed by atoms with E-state index in [0.717, 1.165) is 5.56 Å². The Morgan fingerprint density at radius 2 is 2.26 bits per heavy atom. The second-order valence-electron chi connectivity index (χ2n) is 3.74. The van der Waals surface area contributed by atoms with Gasteiger partial charge in [0.1, 0.15) is 5.69 Å². The van der Waals surface area contributed by atoms with Crippen LogP contribution in [0.15, 0.2) is 18.2 Å². The van der Waals surface area contributed by atoms with Crippen molar-refractivity contribution in [3.05, 3.63) is 33.9 Å². The molecule has 0 aromatic heterocycles. The molecular weight excluding hydrogens is 268 g/mol. The van der Waals surface area contributed by atoms with E-state index in [1.807, 2.05) is 6.07 Å². The molecule has 0 unspecified atom stereocenters. The van der Waals surface area contributed by atoms with Crippen LogP contribution >= 0.6 is 11.8 Å². The molecule has 0 atom stereocenters. The van der Waals surface area contributed by atoms with E-state index < -0.39 is 4.92 Å². The Morgan fingerprint density at radius 3 is 2.84 bits per heavy atom. The highest BCUT2D eigenvalue weighted by atomic mass is 32.2. The second kappa shape index (κ2) is 7.63. The van der Waals surface area contributed by atoms with Gasteiger partial charge in [0.25, 0.3) is 5.69 Å². The van der Waals surface area contributed by atoms with Crippen LogP contribution in [0, 0.1) is 10.1 Å². The molecule has 7 heteroatoms. The summed E-state index contributed by atoms with van der Waals surface area (Å²) in [5, 5.41) is 13.7. The zero-order valence-electron chi connectivity index (χ0n) is 10.8. The van der Waals surface area contributed by atoms with Crippen LogP contribution in [-0.4, -0.2) is 30.8 Å². The highest BCUT2D eigenvalue weighted by molar-refractivity contribution is 7.98. The first-order valence-electron chi connectivity index (χ1n) is 5.68. The summed E-state index contributed by atoms with van der Waals surface area (Å²) in [6.45, 7) is 0. The Kier molecular flexibility index (Phi) is 6.14. The van der Waals surface area contributed by atoms with Crippen molar-refractivity contribution < 1.29 is 14.5 Å². The van der Waals surface area contributed by atoms with E-state index >= 15 is 0 Å². The lowest BCUT2D eigenvalue weighted by atomic mass is 10.2. The molecule has 0 radical (unpaired) electrons. The van der Waals surface area contributed by atoms with Crippen molar-refractivity contribution in [1.82, 2.24) is 0 Å². The minimum atomic E-state index is -0.408. The molecule has 6 nitrogen and oxygen atoms in total. The molecule has 0 heterocycles. The number of esters is 1. The summed E-state index contributed by atoms with van der Waals surface area (Å²) in [5.74, 6) is 1.01. The summed E-state index contributed by atoms with van der Waals surface area (Å²) in [7, 11) is 3.00. The Balaban J connectivity index is 2.57. The number of carbonyl (C=O) groups is 1. The van der Waals surface area contributed by atoms with Gasteiger partial charge in [0, 0.05) is 24.6 Å². The van der Waals surface area contributed by atoms with Gasteiger partial charge in [-0.05, 0) is 11.6 Å². The molecule has 104 valence electrons. The van der Waals surface area contributed by atoms with Crippen LogP contribution in [0.5, 0.6) is 0 Å². The first kappa shape index (κ1) is 15.3. The fourth-order valence-electron chi connectivity index (χ4n) is 1.48. The Bertz CT molecular complexity index is 465. The van der Waals surface area contributed by atoms with Gasteiger partial charge in [-0.1, -0.05) is 6.07 Å². The van der Waals surface area contributed by atoms with Crippen molar-refractivity contribution >= 4 is 29.1 Å². The fourth-order valence-corrected chi connectivity index (χ4v) is 2.35. The minimum Gasteiger partial charge on any atom is -0.469 e. The molecule has 1 N–H and O–H groups in total. The summed E-state index contributed by atoms with van der Waals surface area (Å²) >= 11 is 1.54. The van der Waals surface area contributed by atoms with Crippen molar-refractivity contribution in [1.29, 1.82) is 0 Å². The zero-order chi connectivity index (χ0) is 14.3. The lowest BCUT2D eigenvalue weighted by Gasteiger charge is -2.05. The largest absolute Gasteiger partial charge is 0.469 e. The molecule has 1 aromatic rings. The maximum absolute atomic E-state index is 10.9. The van der Waals surface area contributed by atoms with Gasteiger partial charge in [0.15, 0.2) is 0 Å². The summed E-state index contributed by atoms with van der Waals surface area (Å²) in [5.41, 5.74) is 1.42. The van der Waals surface area contributed by atoms with Crippen LogP contribution in [0.1, 0.15) is 12.0 Å². The molecule has 0 aliphatic rings. The number of rotatable bonds is 7. The first-order valence-corrected chi connectivity index (χ1v) is 6.83. The average Bonchev–Trinajstić information content (AvgIpc) is 2.42. The molecule has 1 rings (SSSR count). The number of nitrogens with one attached hydrogen (secondary N) is 1. The normalized spacial score (nSPS) is 10.0. The van der Waals surface area contributed by atoms with Gasteiger partial charge in [-0.3, -0.25) is 14.9 Å². The summed E-state index contributed by atoms with van der Waals surface area (Å²) in [6, 6.07) is 5.08. The number of ether oxygens (including phenoxy) is 1. The monoisotopic (exact) mass is 284 g/mol. The topological polar surface area (TPSA) is 81.5 Å². The number of hydrogen-bond acceptors (Lipinski definition) is 6. The van der Waals surface area contributed by atoms with E-state index in [0.29, 0.717) is 23.6 Å². The van der Waals surface area contributed by atoms with E-state index in [4.69, 9.17) is 0 Å². The Hall–Kier alpha value is -1.76. The Labute approximate surface area is 115 Å². The predicted molar refractivity (Wildman–Crippen MR) is 75.4 cm³/mol. The minimum absolute atomic E-state index is 0.0635. The third-order valence-electron chi connectivity index (χ3n) is 2.48. The molecule has 0 aliphatic heterocycles. The van der Waals surface area contributed by atoms with Crippen LogP contribution < -0.4 is 5.32 Å². The standard InChI is InChI=1S/C12H16N2O4S/c1-13-10-4-3-9(7-11(10)14(16)17)8-19-6-5-12(15)18-2/h3-4,7,13H,5-6,8H2,1-2H3. The number of benzene rings is 1. The van der Waals surface area contributed by atoms with Crippen molar-refractivity contribution in [2.75, 3.05) is 25.2 Å². The van der Waals surface area contributed by atoms with E-state index in [9.17, 15) is 14.9 Å². The van der Waals surface area contributed by atoms with Crippen molar-refractivity contribution in [3.8, 4) is 0 Å². The summed E-state index contributed by atoms with van der Waals surface area (Å²) in [6.07, 6.45) is 0.345. The maximum atomic E-state index is 10.9. The van der Waals surface area contributed by atoms with Crippen LogP contribution in [0.3, 0.4) is 0 Å². The van der Waals surface area contributed by atoms with Gasteiger partial charge in [-0.25, -0.2) is 0 Å².